The van der Waals surface area contributed by atoms with Gasteiger partial charge in [-0.15, -0.1) is 0 Å². The molecule has 1 aromatic heterocycles. The van der Waals surface area contributed by atoms with Crippen LogP contribution in [0.25, 0.3) is 5.57 Å². The van der Waals surface area contributed by atoms with Crippen LogP contribution in [-0.2, 0) is 19.4 Å². The summed E-state index contributed by atoms with van der Waals surface area (Å²) in [5, 5.41) is 0.820. The predicted octanol–water partition coefficient (Wildman–Crippen LogP) is 7.19. The largest absolute Gasteiger partial charge is 0.492 e. The van der Waals surface area contributed by atoms with Crippen LogP contribution in [0.4, 0.5) is 0 Å². The first-order valence-corrected chi connectivity index (χ1v) is 15.2. The average Bonchev–Trinajstić information content (AvgIpc) is 3.32. The molecule has 0 bridgehead atoms. The molecule has 3 aromatic rings. The Morgan fingerprint density at radius 2 is 1.54 bits per heavy atom. The maximum Gasteiger partial charge on any atom is 0.119 e. The van der Waals surface area contributed by atoms with Crippen molar-refractivity contribution < 1.29 is 4.74 Å². The number of benzene rings is 2. The average molecular weight is 542 g/mol. The van der Waals surface area contributed by atoms with E-state index < -0.39 is 0 Å². The highest BCUT2D eigenvalue weighted by atomic mass is 35.5. The van der Waals surface area contributed by atoms with E-state index in [4.69, 9.17) is 21.3 Å². The third-order valence-corrected chi connectivity index (χ3v) is 8.88. The summed E-state index contributed by atoms with van der Waals surface area (Å²) in [6, 6.07) is 19.5. The maximum atomic E-state index is 6.40. The lowest BCUT2D eigenvalue weighted by molar-refractivity contribution is 0.214. The molecule has 0 saturated carbocycles. The number of hydrogen-bond acceptors (Lipinski definition) is 4. The van der Waals surface area contributed by atoms with Crippen molar-refractivity contribution in [1.82, 2.24) is 14.8 Å². The van der Waals surface area contributed by atoms with Gasteiger partial charge in [-0.1, -0.05) is 54.3 Å². The van der Waals surface area contributed by atoms with E-state index in [1.807, 2.05) is 12.3 Å². The summed E-state index contributed by atoms with van der Waals surface area (Å²) in [6.07, 6.45) is 11.5. The zero-order valence-electron chi connectivity index (χ0n) is 23.0. The number of ether oxygens (including phenoxy) is 1. The monoisotopic (exact) mass is 541 g/mol. The molecule has 204 valence electrons. The van der Waals surface area contributed by atoms with Gasteiger partial charge in [0.2, 0.25) is 0 Å². The van der Waals surface area contributed by atoms with E-state index in [1.165, 1.54) is 77.9 Å². The van der Waals surface area contributed by atoms with Crippen LogP contribution in [0, 0.1) is 0 Å². The Bertz CT molecular complexity index is 1280. The first kappa shape index (κ1) is 26.6. The standard InChI is InChI=1S/C34H40ClN3O/c35-30-11-14-32-29(24-30)10-9-28-6-5-17-36-34(28)33(32)27-15-20-38(21-16-27)25-26-7-12-31(13-8-26)39-23-22-37-18-3-1-2-4-19-37/h5-8,11-14,17,24H,1-4,9-10,15-16,18-23,25H2. The van der Waals surface area contributed by atoms with Crippen molar-refractivity contribution in [3.8, 4) is 5.75 Å². The fourth-order valence-corrected chi connectivity index (χ4v) is 6.66. The molecule has 4 nitrogen and oxygen atoms in total. The van der Waals surface area contributed by atoms with Gasteiger partial charge < -0.3 is 4.74 Å². The zero-order chi connectivity index (χ0) is 26.4. The summed E-state index contributed by atoms with van der Waals surface area (Å²) >= 11 is 6.40. The second kappa shape index (κ2) is 12.7. The van der Waals surface area contributed by atoms with Crippen LogP contribution in [0.1, 0.15) is 66.5 Å². The summed E-state index contributed by atoms with van der Waals surface area (Å²) in [7, 11) is 0. The fraction of sp³-hybridized carbons (Fsp3) is 0.441. The van der Waals surface area contributed by atoms with Gasteiger partial charge >= 0.3 is 0 Å². The normalized spacial score (nSPS) is 18.7. The minimum absolute atomic E-state index is 0.774. The summed E-state index contributed by atoms with van der Waals surface area (Å²) in [5.74, 6) is 0.984. The lowest BCUT2D eigenvalue weighted by Crippen LogP contribution is -2.30. The quantitative estimate of drug-likeness (QED) is 0.330. The fourth-order valence-electron chi connectivity index (χ4n) is 6.47. The topological polar surface area (TPSA) is 28.6 Å². The second-order valence-electron chi connectivity index (χ2n) is 11.3. The Morgan fingerprint density at radius 1 is 0.769 bits per heavy atom. The van der Waals surface area contributed by atoms with Crippen molar-refractivity contribution in [3.05, 3.63) is 99.3 Å². The molecule has 0 radical (unpaired) electrons. The summed E-state index contributed by atoms with van der Waals surface area (Å²) in [4.78, 5) is 10.0. The van der Waals surface area contributed by atoms with Crippen LogP contribution < -0.4 is 4.74 Å². The number of likely N-dealkylation sites (tertiary alicyclic amines) is 2. The maximum absolute atomic E-state index is 6.40. The van der Waals surface area contributed by atoms with Gasteiger partial charge in [0.15, 0.2) is 0 Å². The van der Waals surface area contributed by atoms with E-state index in [-0.39, 0.29) is 0 Å². The molecule has 1 aliphatic carbocycles. The molecule has 2 saturated heterocycles. The van der Waals surface area contributed by atoms with E-state index in [0.29, 0.717) is 0 Å². The lowest BCUT2D eigenvalue weighted by Gasteiger charge is -2.30. The molecular formula is C34H40ClN3O. The number of rotatable bonds is 6. The number of fused-ring (bicyclic) bond motifs is 2. The van der Waals surface area contributed by atoms with Gasteiger partial charge in [0, 0.05) is 43.0 Å². The van der Waals surface area contributed by atoms with E-state index in [2.05, 4.69) is 58.3 Å². The van der Waals surface area contributed by atoms with Gasteiger partial charge in [-0.25, -0.2) is 0 Å². The minimum Gasteiger partial charge on any atom is -0.492 e. The highest BCUT2D eigenvalue weighted by Crippen LogP contribution is 2.38. The molecule has 0 N–H and O–H groups in total. The first-order chi connectivity index (χ1) is 19.2. The van der Waals surface area contributed by atoms with E-state index in [9.17, 15) is 0 Å². The molecule has 5 heteroatoms. The summed E-state index contributed by atoms with van der Waals surface area (Å²) < 4.78 is 6.08. The molecule has 2 fully saturated rings. The van der Waals surface area contributed by atoms with Gasteiger partial charge in [0.25, 0.3) is 0 Å². The Kier molecular flexibility index (Phi) is 8.63. The van der Waals surface area contributed by atoms with Crippen LogP contribution in [0.15, 0.2) is 66.4 Å². The lowest BCUT2D eigenvalue weighted by atomic mass is 9.88. The van der Waals surface area contributed by atoms with Crippen molar-refractivity contribution in [2.45, 2.75) is 57.9 Å². The van der Waals surface area contributed by atoms with E-state index in [1.54, 1.807) is 0 Å². The summed E-state index contributed by atoms with van der Waals surface area (Å²) in [5.41, 5.74) is 9.44. The van der Waals surface area contributed by atoms with Crippen LogP contribution >= 0.6 is 11.6 Å². The Hall–Kier alpha value is -2.66. The molecule has 39 heavy (non-hydrogen) atoms. The SMILES string of the molecule is Clc1ccc2c(c1)CCc1cccnc1C2=C1CCN(Cc2ccc(OCCN3CCCCCC3)cc2)CC1. The molecule has 3 aliphatic rings. The van der Waals surface area contributed by atoms with Crippen molar-refractivity contribution in [2.75, 3.05) is 39.3 Å². The molecule has 0 unspecified atom stereocenters. The smallest absolute Gasteiger partial charge is 0.119 e. The first-order valence-electron chi connectivity index (χ1n) is 14.8. The highest BCUT2D eigenvalue weighted by Gasteiger charge is 2.25. The predicted molar refractivity (Wildman–Crippen MR) is 160 cm³/mol. The van der Waals surface area contributed by atoms with Crippen LogP contribution in [-0.4, -0.2) is 54.1 Å². The number of halogens is 1. The number of aromatic nitrogens is 1. The molecular weight excluding hydrogens is 502 g/mol. The van der Waals surface area contributed by atoms with Crippen LogP contribution in [0.2, 0.25) is 5.02 Å². The van der Waals surface area contributed by atoms with Gasteiger partial charge in [-0.05, 0) is 104 Å². The molecule has 6 rings (SSSR count). The van der Waals surface area contributed by atoms with Crippen molar-refractivity contribution >= 4 is 17.2 Å². The van der Waals surface area contributed by atoms with E-state index >= 15 is 0 Å². The van der Waals surface area contributed by atoms with Gasteiger partial charge in [-0.2, -0.15) is 0 Å². The third-order valence-electron chi connectivity index (χ3n) is 8.65. The highest BCUT2D eigenvalue weighted by molar-refractivity contribution is 6.30. The number of piperidine rings is 1. The number of nitrogens with zero attached hydrogens (tertiary/aromatic N) is 3. The molecule has 0 spiro atoms. The van der Waals surface area contributed by atoms with Crippen molar-refractivity contribution in [3.63, 3.8) is 0 Å². The van der Waals surface area contributed by atoms with Crippen molar-refractivity contribution in [2.24, 2.45) is 0 Å². The molecule has 3 heterocycles. The van der Waals surface area contributed by atoms with Gasteiger partial charge in [0.1, 0.15) is 12.4 Å². The summed E-state index contributed by atoms with van der Waals surface area (Å²) in [6.45, 7) is 7.37. The molecule has 2 aliphatic heterocycles. The number of hydrogen-bond donors (Lipinski definition) is 0. The molecule has 2 aromatic carbocycles. The van der Waals surface area contributed by atoms with Crippen LogP contribution in [0.5, 0.6) is 5.75 Å². The van der Waals surface area contributed by atoms with Gasteiger partial charge in [0.05, 0.1) is 5.69 Å². The second-order valence-corrected chi connectivity index (χ2v) is 11.8. The van der Waals surface area contributed by atoms with Crippen LogP contribution in [0.3, 0.4) is 0 Å². The Labute approximate surface area is 238 Å². The minimum atomic E-state index is 0.774. The number of aryl methyl sites for hydroxylation is 2. The third kappa shape index (κ3) is 6.57. The van der Waals surface area contributed by atoms with E-state index in [0.717, 1.165) is 69.2 Å². The Balaban J connectivity index is 1.08. The number of pyridine rings is 1. The molecule has 0 atom stereocenters. The van der Waals surface area contributed by atoms with Crippen molar-refractivity contribution in [1.29, 1.82) is 0 Å². The van der Waals surface area contributed by atoms with Gasteiger partial charge in [-0.3, -0.25) is 14.8 Å². The zero-order valence-corrected chi connectivity index (χ0v) is 23.8. The Morgan fingerprint density at radius 3 is 2.33 bits per heavy atom. The molecule has 0 amide bonds.